The van der Waals surface area contributed by atoms with Crippen LogP contribution in [0.3, 0.4) is 0 Å². The van der Waals surface area contributed by atoms with E-state index in [-0.39, 0.29) is 22.8 Å². The SMILES string of the molecule is O=c1cc(CNc2cccc(Cl)c2F)nc2ccccn12. The van der Waals surface area contributed by atoms with Crippen LogP contribution in [0.25, 0.3) is 5.65 Å². The summed E-state index contributed by atoms with van der Waals surface area (Å²) in [7, 11) is 0. The molecule has 0 unspecified atom stereocenters. The topological polar surface area (TPSA) is 46.4 Å². The summed E-state index contributed by atoms with van der Waals surface area (Å²) in [4.78, 5) is 16.3. The molecule has 0 fully saturated rings. The Kier molecular flexibility index (Phi) is 3.58. The van der Waals surface area contributed by atoms with E-state index >= 15 is 0 Å². The van der Waals surface area contributed by atoms with Crippen molar-refractivity contribution in [3.63, 3.8) is 0 Å². The summed E-state index contributed by atoms with van der Waals surface area (Å²) in [6, 6.07) is 11.4. The van der Waals surface area contributed by atoms with Crippen molar-refractivity contribution in [2.24, 2.45) is 0 Å². The van der Waals surface area contributed by atoms with Crippen LogP contribution in [0.4, 0.5) is 10.1 Å². The van der Waals surface area contributed by atoms with Gasteiger partial charge in [-0.3, -0.25) is 9.20 Å². The van der Waals surface area contributed by atoms with E-state index in [0.29, 0.717) is 11.3 Å². The largest absolute Gasteiger partial charge is 0.377 e. The quantitative estimate of drug-likeness (QED) is 0.809. The second-order valence-electron chi connectivity index (χ2n) is 4.47. The van der Waals surface area contributed by atoms with Crippen molar-refractivity contribution in [3.05, 3.63) is 75.5 Å². The molecule has 0 bridgehead atoms. The Labute approximate surface area is 124 Å². The summed E-state index contributed by atoms with van der Waals surface area (Å²) < 4.78 is 15.2. The first kappa shape index (κ1) is 13.6. The van der Waals surface area contributed by atoms with Crippen molar-refractivity contribution in [1.82, 2.24) is 9.38 Å². The Bertz CT molecular complexity index is 863. The maximum Gasteiger partial charge on any atom is 0.258 e. The second-order valence-corrected chi connectivity index (χ2v) is 4.88. The standard InChI is InChI=1S/C15H11ClFN3O/c16-11-4-3-5-12(15(11)17)18-9-10-8-14(21)20-7-2-1-6-13(20)19-10/h1-8,18H,9H2. The first-order valence-electron chi connectivity index (χ1n) is 6.30. The molecular weight excluding hydrogens is 293 g/mol. The number of rotatable bonds is 3. The highest BCUT2D eigenvalue weighted by Crippen LogP contribution is 2.22. The molecule has 0 saturated carbocycles. The monoisotopic (exact) mass is 303 g/mol. The maximum atomic E-state index is 13.8. The number of nitrogens with one attached hydrogen (secondary N) is 1. The Morgan fingerprint density at radius 3 is 2.95 bits per heavy atom. The fraction of sp³-hybridized carbons (Fsp3) is 0.0667. The van der Waals surface area contributed by atoms with E-state index in [1.165, 1.54) is 16.5 Å². The molecule has 1 N–H and O–H groups in total. The number of anilines is 1. The molecule has 3 aromatic rings. The molecule has 0 radical (unpaired) electrons. The van der Waals surface area contributed by atoms with Crippen LogP contribution in [0, 0.1) is 5.82 Å². The van der Waals surface area contributed by atoms with Gasteiger partial charge in [0.1, 0.15) is 5.65 Å². The van der Waals surface area contributed by atoms with Gasteiger partial charge in [-0.05, 0) is 24.3 Å². The average molecular weight is 304 g/mol. The number of hydrogen-bond donors (Lipinski definition) is 1. The third kappa shape index (κ3) is 2.73. The number of nitrogens with zero attached hydrogens (tertiary/aromatic N) is 2. The van der Waals surface area contributed by atoms with Crippen LogP contribution in [-0.4, -0.2) is 9.38 Å². The minimum atomic E-state index is -0.517. The molecule has 4 nitrogen and oxygen atoms in total. The van der Waals surface area contributed by atoms with Crippen LogP contribution in [0.15, 0.2) is 53.5 Å². The van der Waals surface area contributed by atoms with Crippen molar-refractivity contribution in [2.75, 3.05) is 5.32 Å². The van der Waals surface area contributed by atoms with Gasteiger partial charge in [0.05, 0.1) is 22.9 Å². The third-order valence-electron chi connectivity index (χ3n) is 3.04. The molecule has 0 aliphatic carbocycles. The first-order chi connectivity index (χ1) is 10.1. The van der Waals surface area contributed by atoms with Crippen molar-refractivity contribution >= 4 is 22.9 Å². The van der Waals surface area contributed by atoms with E-state index in [1.54, 1.807) is 36.5 Å². The Morgan fingerprint density at radius 1 is 1.24 bits per heavy atom. The zero-order chi connectivity index (χ0) is 14.8. The van der Waals surface area contributed by atoms with E-state index in [1.807, 2.05) is 0 Å². The number of aromatic nitrogens is 2. The Morgan fingerprint density at radius 2 is 2.10 bits per heavy atom. The van der Waals surface area contributed by atoms with Gasteiger partial charge >= 0.3 is 0 Å². The number of hydrogen-bond acceptors (Lipinski definition) is 3. The highest BCUT2D eigenvalue weighted by molar-refractivity contribution is 6.31. The lowest BCUT2D eigenvalue weighted by Crippen LogP contribution is -2.16. The summed E-state index contributed by atoms with van der Waals surface area (Å²) >= 11 is 5.71. The van der Waals surface area contributed by atoms with Crippen molar-refractivity contribution in [3.8, 4) is 0 Å². The summed E-state index contributed by atoms with van der Waals surface area (Å²) in [6.07, 6.45) is 1.65. The van der Waals surface area contributed by atoms with Crippen LogP contribution in [0.2, 0.25) is 5.02 Å². The van der Waals surface area contributed by atoms with Crippen LogP contribution >= 0.6 is 11.6 Å². The average Bonchev–Trinajstić information content (AvgIpc) is 2.49. The van der Waals surface area contributed by atoms with Crippen LogP contribution in [0.5, 0.6) is 0 Å². The molecule has 21 heavy (non-hydrogen) atoms. The predicted molar refractivity (Wildman–Crippen MR) is 80.2 cm³/mol. The minimum Gasteiger partial charge on any atom is -0.377 e. The molecular formula is C15H11ClFN3O. The molecule has 0 aliphatic rings. The molecule has 3 rings (SSSR count). The molecule has 1 aromatic carbocycles. The normalized spacial score (nSPS) is 10.8. The molecule has 2 heterocycles. The van der Waals surface area contributed by atoms with E-state index in [2.05, 4.69) is 10.3 Å². The van der Waals surface area contributed by atoms with E-state index in [0.717, 1.165) is 0 Å². The Balaban J connectivity index is 1.89. The maximum absolute atomic E-state index is 13.8. The highest BCUT2D eigenvalue weighted by Gasteiger charge is 2.07. The molecule has 106 valence electrons. The summed E-state index contributed by atoms with van der Waals surface area (Å²) in [6.45, 7) is 0.234. The van der Waals surface area contributed by atoms with Crippen molar-refractivity contribution in [2.45, 2.75) is 6.54 Å². The smallest absolute Gasteiger partial charge is 0.258 e. The number of fused-ring (bicyclic) bond motifs is 1. The van der Waals surface area contributed by atoms with Gasteiger partial charge in [-0.2, -0.15) is 0 Å². The minimum absolute atomic E-state index is 0.0477. The predicted octanol–water partition coefficient (Wildman–Crippen LogP) is 3.10. The number of halogens is 2. The molecule has 0 spiro atoms. The fourth-order valence-electron chi connectivity index (χ4n) is 2.02. The van der Waals surface area contributed by atoms with E-state index in [4.69, 9.17) is 11.6 Å². The zero-order valence-corrected chi connectivity index (χ0v) is 11.6. The van der Waals surface area contributed by atoms with E-state index < -0.39 is 5.82 Å². The van der Waals surface area contributed by atoms with Gasteiger partial charge < -0.3 is 5.32 Å². The molecule has 0 aliphatic heterocycles. The molecule has 0 saturated heterocycles. The molecule has 0 atom stereocenters. The van der Waals surface area contributed by atoms with Gasteiger partial charge in [-0.25, -0.2) is 9.37 Å². The number of pyridine rings is 1. The summed E-state index contributed by atoms with van der Waals surface area (Å²) in [5.41, 5.74) is 1.18. The van der Waals surface area contributed by atoms with Gasteiger partial charge in [0, 0.05) is 12.3 Å². The third-order valence-corrected chi connectivity index (χ3v) is 3.33. The van der Waals surface area contributed by atoms with Crippen LogP contribution in [0.1, 0.15) is 5.69 Å². The van der Waals surface area contributed by atoms with E-state index in [9.17, 15) is 9.18 Å². The Hall–Kier alpha value is -2.40. The summed E-state index contributed by atoms with van der Waals surface area (Å²) in [5.74, 6) is -0.517. The zero-order valence-electron chi connectivity index (χ0n) is 10.9. The molecule has 2 aromatic heterocycles. The highest BCUT2D eigenvalue weighted by atomic mass is 35.5. The lowest BCUT2D eigenvalue weighted by molar-refractivity contribution is 0.630. The van der Waals surface area contributed by atoms with Gasteiger partial charge in [-0.1, -0.05) is 23.7 Å². The van der Waals surface area contributed by atoms with Gasteiger partial charge in [0.15, 0.2) is 5.82 Å². The van der Waals surface area contributed by atoms with Gasteiger partial charge in [0.2, 0.25) is 0 Å². The van der Waals surface area contributed by atoms with Crippen molar-refractivity contribution < 1.29 is 4.39 Å². The lowest BCUT2D eigenvalue weighted by atomic mass is 10.3. The summed E-state index contributed by atoms with van der Waals surface area (Å²) in [5, 5.41) is 2.94. The molecule has 0 amide bonds. The van der Waals surface area contributed by atoms with Gasteiger partial charge in [-0.15, -0.1) is 0 Å². The number of benzene rings is 1. The van der Waals surface area contributed by atoms with Gasteiger partial charge in [0.25, 0.3) is 5.56 Å². The fourth-order valence-corrected chi connectivity index (χ4v) is 2.19. The van der Waals surface area contributed by atoms with Crippen LogP contribution < -0.4 is 10.9 Å². The molecule has 6 heteroatoms. The lowest BCUT2D eigenvalue weighted by Gasteiger charge is -2.08. The second kappa shape index (κ2) is 5.54. The van der Waals surface area contributed by atoms with Crippen molar-refractivity contribution in [1.29, 1.82) is 0 Å². The first-order valence-corrected chi connectivity index (χ1v) is 6.68. The van der Waals surface area contributed by atoms with Crippen LogP contribution in [-0.2, 0) is 6.54 Å².